The molecule has 0 saturated heterocycles. The van der Waals surface area contributed by atoms with Crippen LogP contribution in [0, 0.1) is 0 Å². The summed E-state index contributed by atoms with van der Waals surface area (Å²) in [4.78, 5) is 16.8. The fourth-order valence-electron chi connectivity index (χ4n) is 3.07. The van der Waals surface area contributed by atoms with Gasteiger partial charge in [-0.3, -0.25) is 4.98 Å². The van der Waals surface area contributed by atoms with Crippen molar-refractivity contribution in [2.45, 2.75) is 71.4 Å². The van der Waals surface area contributed by atoms with E-state index >= 15 is 0 Å². The van der Waals surface area contributed by atoms with E-state index in [1.807, 2.05) is 6.07 Å². The zero-order valence-corrected chi connectivity index (χ0v) is 20.7. The third-order valence-electron chi connectivity index (χ3n) is 6.03. The highest BCUT2D eigenvalue weighted by Gasteiger charge is 2.37. The largest absolute Gasteiger partial charge is 0.478 e. The first-order chi connectivity index (χ1) is 15.0. The van der Waals surface area contributed by atoms with Gasteiger partial charge in [-0.05, 0) is 48.8 Å². The molecule has 1 atom stereocenters. The SMILES string of the molecule is CCCc1nc(CO[Si](C)(C)C(C)(C)C)ccc1OC(C(=O)O)c1ccc2c(c1)OCO2. The van der Waals surface area contributed by atoms with Crippen LogP contribution < -0.4 is 14.2 Å². The fourth-order valence-corrected chi connectivity index (χ4v) is 4.01. The molecule has 1 unspecified atom stereocenters. The first-order valence-corrected chi connectivity index (χ1v) is 13.8. The number of nitrogens with zero attached hydrogens (tertiary/aromatic N) is 1. The van der Waals surface area contributed by atoms with Crippen molar-refractivity contribution < 1.29 is 28.5 Å². The van der Waals surface area contributed by atoms with Crippen LogP contribution in [0.15, 0.2) is 30.3 Å². The molecule has 7 nitrogen and oxygen atoms in total. The molecule has 174 valence electrons. The quantitative estimate of drug-likeness (QED) is 0.496. The van der Waals surface area contributed by atoms with Gasteiger partial charge in [0.15, 0.2) is 19.8 Å². The second-order valence-corrected chi connectivity index (χ2v) is 14.3. The summed E-state index contributed by atoms with van der Waals surface area (Å²) in [6.45, 7) is 13.6. The van der Waals surface area contributed by atoms with Gasteiger partial charge in [-0.1, -0.05) is 40.2 Å². The minimum atomic E-state index is -1.90. The van der Waals surface area contributed by atoms with Crippen molar-refractivity contribution in [3.05, 3.63) is 47.3 Å². The van der Waals surface area contributed by atoms with Crippen LogP contribution in [0.3, 0.4) is 0 Å². The van der Waals surface area contributed by atoms with E-state index in [4.69, 9.17) is 23.6 Å². The van der Waals surface area contributed by atoms with Crippen molar-refractivity contribution in [1.29, 1.82) is 0 Å². The van der Waals surface area contributed by atoms with Crippen LogP contribution in [0.2, 0.25) is 18.1 Å². The van der Waals surface area contributed by atoms with Gasteiger partial charge in [-0.2, -0.15) is 0 Å². The highest BCUT2D eigenvalue weighted by atomic mass is 28.4. The van der Waals surface area contributed by atoms with E-state index in [9.17, 15) is 9.90 Å². The molecular weight excluding hydrogens is 426 g/mol. The van der Waals surface area contributed by atoms with Gasteiger partial charge in [-0.15, -0.1) is 0 Å². The normalized spacial score (nSPS) is 14.3. The molecule has 0 saturated carbocycles. The Bertz CT molecular complexity index is 969. The van der Waals surface area contributed by atoms with Gasteiger partial charge >= 0.3 is 5.97 Å². The molecule has 1 aromatic carbocycles. The monoisotopic (exact) mass is 459 g/mol. The lowest BCUT2D eigenvalue weighted by atomic mass is 10.1. The predicted octanol–water partition coefficient (Wildman–Crippen LogP) is 5.49. The average Bonchev–Trinajstić information content (AvgIpc) is 3.18. The van der Waals surface area contributed by atoms with Crippen molar-refractivity contribution in [2.24, 2.45) is 0 Å². The van der Waals surface area contributed by atoms with Gasteiger partial charge in [0.1, 0.15) is 5.75 Å². The zero-order valence-electron chi connectivity index (χ0n) is 19.7. The van der Waals surface area contributed by atoms with Crippen molar-refractivity contribution in [3.63, 3.8) is 0 Å². The number of fused-ring (bicyclic) bond motifs is 1. The number of hydrogen-bond acceptors (Lipinski definition) is 6. The van der Waals surface area contributed by atoms with Crippen molar-refractivity contribution in [2.75, 3.05) is 6.79 Å². The molecule has 8 heteroatoms. The van der Waals surface area contributed by atoms with E-state index in [0.717, 1.165) is 17.8 Å². The molecule has 1 N–H and O–H groups in total. The minimum Gasteiger partial charge on any atom is -0.478 e. The Labute approximate surface area is 190 Å². The molecule has 1 aliphatic heterocycles. The fraction of sp³-hybridized carbons (Fsp3) is 0.500. The molecule has 2 aromatic rings. The molecule has 0 amide bonds. The Morgan fingerprint density at radius 2 is 1.91 bits per heavy atom. The summed E-state index contributed by atoms with van der Waals surface area (Å²) in [5.41, 5.74) is 2.03. The van der Waals surface area contributed by atoms with Crippen LogP contribution in [-0.2, 0) is 22.2 Å². The van der Waals surface area contributed by atoms with E-state index in [-0.39, 0.29) is 11.8 Å². The first kappa shape index (κ1) is 24.1. The van der Waals surface area contributed by atoms with Gasteiger partial charge in [0.2, 0.25) is 12.9 Å². The summed E-state index contributed by atoms with van der Waals surface area (Å²) in [6, 6.07) is 8.67. The number of carboxylic acid groups (broad SMARTS) is 1. The summed E-state index contributed by atoms with van der Waals surface area (Å²) >= 11 is 0. The number of aliphatic carboxylic acids is 1. The molecule has 0 bridgehead atoms. The van der Waals surface area contributed by atoms with Crippen LogP contribution in [0.25, 0.3) is 0 Å². The number of aromatic nitrogens is 1. The topological polar surface area (TPSA) is 87.1 Å². The molecule has 1 aliphatic rings. The molecule has 0 radical (unpaired) electrons. The molecule has 2 heterocycles. The second kappa shape index (κ2) is 9.50. The Balaban J connectivity index is 1.82. The number of aryl methyl sites for hydroxylation is 1. The van der Waals surface area contributed by atoms with E-state index in [1.54, 1.807) is 24.3 Å². The average molecular weight is 460 g/mol. The van der Waals surface area contributed by atoms with Crippen LogP contribution >= 0.6 is 0 Å². The standard InChI is InChI=1S/C24H33NO6Si/c1-7-8-18-19(12-10-17(25-18)14-30-32(5,6)24(2,3)4)31-22(23(26)27)16-9-11-20-21(13-16)29-15-28-20/h9-13,22H,7-8,14-15H2,1-6H3,(H,26,27). The summed E-state index contributed by atoms with van der Waals surface area (Å²) in [7, 11) is -1.90. The molecule has 0 fully saturated rings. The van der Waals surface area contributed by atoms with Crippen LogP contribution in [0.1, 0.15) is 57.2 Å². The lowest BCUT2D eigenvalue weighted by molar-refractivity contribution is -0.145. The highest BCUT2D eigenvalue weighted by Crippen LogP contribution is 2.38. The Hall–Kier alpha value is -2.58. The maximum absolute atomic E-state index is 12.0. The zero-order chi connectivity index (χ0) is 23.5. The first-order valence-electron chi connectivity index (χ1n) is 10.9. The number of rotatable bonds is 9. The van der Waals surface area contributed by atoms with Gasteiger partial charge < -0.3 is 23.7 Å². The van der Waals surface area contributed by atoms with Crippen molar-refractivity contribution >= 4 is 14.3 Å². The second-order valence-electron chi connectivity index (χ2n) is 9.50. The molecule has 1 aromatic heterocycles. The summed E-state index contributed by atoms with van der Waals surface area (Å²) in [5.74, 6) is 0.490. The number of benzene rings is 1. The lowest BCUT2D eigenvalue weighted by Crippen LogP contribution is -2.40. The van der Waals surface area contributed by atoms with E-state index < -0.39 is 20.4 Å². The van der Waals surface area contributed by atoms with Crippen LogP contribution in [-0.4, -0.2) is 31.2 Å². The molecule has 0 aliphatic carbocycles. The van der Waals surface area contributed by atoms with Gasteiger partial charge in [0.25, 0.3) is 0 Å². The summed E-state index contributed by atoms with van der Waals surface area (Å²) < 4.78 is 23.0. The third-order valence-corrected chi connectivity index (χ3v) is 10.5. The smallest absolute Gasteiger partial charge is 0.349 e. The lowest BCUT2D eigenvalue weighted by Gasteiger charge is -2.36. The molecule has 3 rings (SSSR count). The molecule has 32 heavy (non-hydrogen) atoms. The number of pyridine rings is 1. The van der Waals surface area contributed by atoms with Crippen molar-refractivity contribution in [1.82, 2.24) is 4.98 Å². The van der Waals surface area contributed by atoms with Crippen LogP contribution in [0.4, 0.5) is 0 Å². The number of ether oxygens (including phenoxy) is 3. The number of carboxylic acids is 1. The summed E-state index contributed by atoms with van der Waals surface area (Å²) in [5, 5.41) is 9.94. The number of carbonyl (C=O) groups is 1. The highest BCUT2D eigenvalue weighted by molar-refractivity contribution is 6.74. The maximum Gasteiger partial charge on any atom is 0.349 e. The maximum atomic E-state index is 12.0. The van der Waals surface area contributed by atoms with E-state index in [2.05, 4.69) is 40.8 Å². The van der Waals surface area contributed by atoms with Gasteiger partial charge in [0, 0.05) is 5.56 Å². The minimum absolute atomic E-state index is 0.113. The predicted molar refractivity (Wildman–Crippen MR) is 124 cm³/mol. The molecule has 0 spiro atoms. The summed E-state index contributed by atoms with van der Waals surface area (Å²) in [6.07, 6.45) is 0.352. The van der Waals surface area contributed by atoms with Gasteiger partial charge in [-0.25, -0.2) is 4.79 Å². The Morgan fingerprint density at radius 1 is 1.19 bits per heavy atom. The van der Waals surface area contributed by atoms with Crippen LogP contribution in [0.5, 0.6) is 17.2 Å². The Kier molecular flexibility index (Phi) is 7.15. The Morgan fingerprint density at radius 3 is 2.56 bits per heavy atom. The number of hydrogen-bond donors (Lipinski definition) is 1. The van der Waals surface area contributed by atoms with E-state index in [0.29, 0.717) is 35.8 Å². The van der Waals surface area contributed by atoms with Crippen molar-refractivity contribution in [3.8, 4) is 17.2 Å². The molecular formula is C24H33NO6Si. The van der Waals surface area contributed by atoms with E-state index in [1.165, 1.54) is 0 Å². The third kappa shape index (κ3) is 5.42. The van der Waals surface area contributed by atoms with Gasteiger partial charge in [0.05, 0.1) is 18.0 Å².